The summed E-state index contributed by atoms with van der Waals surface area (Å²) in [6, 6.07) is 11.1. The predicted octanol–water partition coefficient (Wildman–Crippen LogP) is 2.42. The molecule has 1 heterocycles. The molecule has 2 aromatic carbocycles. The highest BCUT2D eigenvalue weighted by molar-refractivity contribution is 7.92. The maximum absolute atomic E-state index is 12.8. The Labute approximate surface area is 149 Å². The molecule has 1 N–H and O–H groups in total. The molecular formula is C18H18N2O5S. The van der Waals surface area contributed by atoms with Crippen LogP contribution in [0.1, 0.15) is 25.3 Å². The number of hydrogen-bond acceptors (Lipinski definition) is 5. The van der Waals surface area contributed by atoms with E-state index in [1.165, 1.54) is 25.2 Å². The first-order chi connectivity index (χ1) is 12.2. The van der Waals surface area contributed by atoms with Gasteiger partial charge in [-0.1, -0.05) is 32.0 Å². The molecular weight excluding hydrogens is 356 g/mol. The summed E-state index contributed by atoms with van der Waals surface area (Å²) in [7, 11) is -2.48. The van der Waals surface area contributed by atoms with Crippen molar-refractivity contribution in [1.82, 2.24) is 4.57 Å². The average molecular weight is 374 g/mol. The minimum absolute atomic E-state index is 0.0205. The third-order valence-corrected chi connectivity index (χ3v) is 5.50. The van der Waals surface area contributed by atoms with Gasteiger partial charge in [-0.15, -0.1) is 0 Å². The maximum atomic E-state index is 12.8. The van der Waals surface area contributed by atoms with E-state index in [4.69, 9.17) is 0 Å². The fraction of sp³-hybridized carbons (Fsp3) is 0.222. The lowest BCUT2D eigenvalue weighted by atomic mass is 10.0. The summed E-state index contributed by atoms with van der Waals surface area (Å²) >= 11 is 0. The molecule has 0 aliphatic rings. The smallest absolute Gasteiger partial charge is 0.372 e. The largest absolute Gasteiger partial charge is 0.422 e. The van der Waals surface area contributed by atoms with Crippen LogP contribution in [-0.4, -0.2) is 13.0 Å². The zero-order valence-corrected chi connectivity index (χ0v) is 15.3. The van der Waals surface area contributed by atoms with Gasteiger partial charge in [0.15, 0.2) is 0 Å². The highest BCUT2D eigenvalue weighted by Crippen LogP contribution is 2.26. The minimum Gasteiger partial charge on any atom is -0.372 e. The van der Waals surface area contributed by atoms with Crippen LogP contribution < -0.4 is 16.1 Å². The summed E-state index contributed by atoms with van der Waals surface area (Å²) in [5, 5.41) is 0.0205. The summed E-state index contributed by atoms with van der Waals surface area (Å²) in [6.07, 6.45) is 0. The molecule has 7 nitrogen and oxygen atoms in total. The third kappa shape index (κ3) is 3.15. The molecule has 1 aromatic heterocycles. The zero-order chi connectivity index (χ0) is 19.1. The van der Waals surface area contributed by atoms with Gasteiger partial charge in [-0.05, 0) is 35.7 Å². The van der Waals surface area contributed by atoms with E-state index >= 15 is 0 Å². The van der Waals surface area contributed by atoms with E-state index in [0.717, 1.165) is 10.1 Å². The van der Waals surface area contributed by atoms with Gasteiger partial charge in [-0.3, -0.25) is 9.29 Å². The van der Waals surface area contributed by atoms with E-state index < -0.39 is 21.4 Å². The van der Waals surface area contributed by atoms with Crippen molar-refractivity contribution in [2.75, 3.05) is 4.72 Å². The second-order valence-electron chi connectivity index (χ2n) is 6.24. The Bertz CT molecular complexity index is 1210. The van der Waals surface area contributed by atoms with Crippen LogP contribution in [0.15, 0.2) is 61.4 Å². The Morgan fingerprint density at radius 1 is 1.08 bits per heavy atom. The van der Waals surface area contributed by atoms with Crippen LogP contribution in [0.25, 0.3) is 10.9 Å². The fourth-order valence-corrected chi connectivity index (χ4v) is 3.85. The lowest BCUT2D eigenvalue weighted by Gasteiger charge is -2.15. The van der Waals surface area contributed by atoms with Gasteiger partial charge in [-0.25, -0.2) is 18.0 Å². The van der Waals surface area contributed by atoms with Crippen molar-refractivity contribution < 1.29 is 12.8 Å². The van der Waals surface area contributed by atoms with E-state index in [1.54, 1.807) is 12.1 Å². The van der Waals surface area contributed by atoms with Crippen LogP contribution in [0.5, 0.6) is 0 Å². The molecule has 0 spiro atoms. The topological polar surface area (TPSA) is 98.4 Å². The molecule has 0 aliphatic heterocycles. The van der Waals surface area contributed by atoms with Crippen LogP contribution in [0.2, 0.25) is 0 Å². The SMILES string of the molecule is CC(C)c1ccccc1NS(=O)(=O)c1ccc2c(c1)c(=O)oc(=O)n2C. The Kier molecular flexibility index (Phi) is 4.45. The highest BCUT2D eigenvalue weighted by Gasteiger charge is 2.19. The van der Waals surface area contributed by atoms with E-state index in [0.29, 0.717) is 11.2 Å². The maximum Gasteiger partial charge on any atom is 0.422 e. The molecule has 8 heteroatoms. The first-order valence-corrected chi connectivity index (χ1v) is 9.44. The van der Waals surface area contributed by atoms with Gasteiger partial charge in [-0.2, -0.15) is 0 Å². The molecule has 136 valence electrons. The monoisotopic (exact) mass is 374 g/mol. The summed E-state index contributed by atoms with van der Waals surface area (Å²) in [5.41, 5.74) is 0.768. The number of nitrogens with one attached hydrogen (secondary N) is 1. The molecule has 0 saturated heterocycles. The second-order valence-corrected chi connectivity index (χ2v) is 7.92. The van der Waals surface area contributed by atoms with Gasteiger partial charge < -0.3 is 4.42 Å². The van der Waals surface area contributed by atoms with Crippen molar-refractivity contribution >= 4 is 26.6 Å². The average Bonchev–Trinajstić information content (AvgIpc) is 2.59. The number of anilines is 1. The van der Waals surface area contributed by atoms with Crippen molar-refractivity contribution in [3.63, 3.8) is 0 Å². The Hall–Kier alpha value is -2.87. The molecule has 0 fully saturated rings. The highest BCUT2D eigenvalue weighted by atomic mass is 32.2. The number of aryl methyl sites for hydroxylation is 1. The van der Waals surface area contributed by atoms with Gasteiger partial charge in [0.2, 0.25) is 0 Å². The van der Waals surface area contributed by atoms with Gasteiger partial charge >= 0.3 is 11.4 Å². The number of rotatable bonds is 4. The van der Waals surface area contributed by atoms with E-state index in [2.05, 4.69) is 9.14 Å². The van der Waals surface area contributed by atoms with E-state index in [1.807, 2.05) is 26.0 Å². The fourth-order valence-electron chi connectivity index (χ4n) is 2.74. The van der Waals surface area contributed by atoms with Crippen LogP contribution in [-0.2, 0) is 17.1 Å². The van der Waals surface area contributed by atoms with Gasteiger partial charge in [0.1, 0.15) is 0 Å². The molecule has 0 unspecified atom stereocenters. The second kappa shape index (κ2) is 6.45. The molecule has 0 radical (unpaired) electrons. The lowest BCUT2D eigenvalue weighted by Crippen LogP contribution is -2.23. The molecule has 0 atom stereocenters. The Morgan fingerprint density at radius 2 is 1.77 bits per heavy atom. The first kappa shape index (κ1) is 17.9. The van der Waals surface area contributed by atoms with E-state index in [-0.39, 0.29) is 16.2 Å². The molecule has 26 heavy (non-hydrogen) atoms. The van der Waals surface area contributed by atoms with Crippen LogP contribution >= 0.6 is 0 Å². The van der Waals surface area contributed by atoms with Crippen molar-refractivity contribution in [3.8, 4) is 0 Å². The molecule has 3 aromatic rings. The van der Waals surface area contributed by atoms with Gasteiger partial charge in [0, 0.05) is 7.05 Å². The Balaban J connectivity index is 2.11. The minimum atomic E-state index is -3.92. The number of aromatic nitrogens is 1. The van der Waals surface area contributed by atoms with Crippen LogP contribution in [0.3, 0.4) is 0 Å². The van der Waals surface area contributed by atoms with Crippen molar-refractivity contribution in [1.29, 1.82) is 0 Å². The number of hydrogen-bond donors (Lipinski definition) is 1. The molecule has 0 bridgehead atoms. The molecule has 0 amide bonds. The summed E-state index contributed by atoms with van der Waals surface area (Å²) in [5.74, 6) is -0.672. The zero-order valence-electron chi connectivity index (χ0n) is 14.5. The van der Waals surface area contributed by atoms with E-state index in [9.17, 15) is 18.0 Å². The number of sulfonamides is 1. The summed E-state index contributed by atoms with van der Waals surface area (Å²) in [4.78, 5) is 23.4. The summed E-state index contributed by atoms with van der Waals surface area (Å²) < 4.78 is 33.8. The molecule has 0 saturated carbocycles. The standard InChI is InChI=1S/C18H18N2O5S/c1-11(2)13-6-4-5-7-15(13)19-26(23,24)12-8-9-16-14(10-12)17(21)25-18(22)20(16)3/h4-11,19H,1-3H3. The quantitative estimate of drug-likeness (QED) is 0.756. The normalized spacial score (nSPS) is 11.8. The summed E-state index contributed by atoms with van der Waals surface area (Å²) in [6.45, 7) is 3.93. The van der Waals surface area contributed by atoms with Gasteiger partial charge in [0.05, 0.1) is 21.5 Å². The Morgan fingerprint density at radius 3 is 2.46 bits per heavy atom. The number of fused-ring (bicyclic) bond motifs is 1. The third-order valence-electron chi connectivity index (χ3n) is 4.14. The molecule has 3 rings (SSSR count). The van der Waals surface area contributed by atoms with Crippen molar-refractivity contribution in [2.45, 2.75) is 24.7 Å². The lowest BCUT2D eigenvalue weighted by molar-refractivity contribution is 0.432. The number of benzene rings is 2. The number of nitrogens with zero attached hydrogens (tertiary/aromatic N) is 1. The predicted molar refractivity (Wildman–Crippen MR) is 99.1 cm³/mol. The number of para-hydroxylation sites is 1. The van der Waals surface area contributed by atoms with Crippen LogP contribution in [0, 0.1) is 0 Å². The van der Waals surface area contributed by atoms with Crippen molar-refractivity contribution in [2.24, 2.45) is 7.05 Å². The van der Waals surface area contributed by atoms with Crippen molar-refractivity contribution in [3.05, 3.63) is 69.0 Å². The first-order valence-electron chi connectivity index (χ1n) is 7.96. The van der Waals surface area contributed by atoms with Gasteiger partial charge in [0.25, 0.3) is 10.0 Å². The molecule has 0 aliphatic carbocycles. The van der Waals surface area contributed by atoms with Crippen LogP contribution in [0.4, 0.5) is 5.69 Å².